The second kappa shape index (κ2) is 6.90. The predicted octanol–water partition coefficient (Wildman–Crippen LogP) is 2.11. The lowest BCUT2D eigenvalue weighted by molar-refractivity contribution is 0.0699. The molecule has 1 aromatic carbocycles. The van der Waals surface area contributed by atoms with E-state index >= 15 is 0 Å². The summed E-state index contributed by atoms with van der Waals surface area (Å²) in [5.41, 5.74) is 0.919. The van der Waals surface area contributed by atoms with E-state index in [1.54, 1.807) is 6.07 Å². The fourth-order valence-corrected chi connectivity index (χ4v) is 2.78. The Morgan fingerprint density at radius 1 is 1.25 bits per heavy atom. The number of aryl methyl sites for hydroxylation is 1. The van der Waals surface area contributed by atoms with Gasteiger partial charge in [0.25, 0.3) is 5.91 Å². The number of amides is 1. The molecule has 0 fully saturated rings. The van der Waals surface area contributed by atoms with Gasteiger partial charge in [-0.05, 0) is 31.2 Å². The Hall–Kier alpha value is -2.57. The van der Waals surface area contributed by atoms with Crippen LogP contribution in [0, 0.1) is 12.7 Å². The zero-order valence-corrected chi connectivity index (χ0v) is 13.8. The molecule has 0 saturated carbocycles. The first-order valence-electron chi connectivity index (χ1n) is 7.70. The zero-order chi connectivity index (χ0) is 18.0. The summed E-state index contributed by atoms with van der Waals surface area (Å²) in [5, 5.41) is 9.31. The average molecular weight is 328 g/mol. The molecule has 2 aromatic rings. The number of carboxylic acids is 1. The summed E-state index contributed by atoms with van der Waals surface area (Å²) in [7, 11) is 5.61. The van der Waals surface area contributed by atoms with E-state index in [-0.39, 0.29) is 29.2 Å². The fraction of sp³-hybridized carbons (Fsp3) is 0.294. The third kappa shape index (κ3) is 2.94. The van der Waals surface area contributed by atoms with Crippen LogP contribution in [0.2, 0.25) is 0 Å². The lowest BCUT2D eigenvalue weighted by Gasteiger charge is -2.30. The van der Waals surface area contributed by atoms with Gasteiger partial charge in [-0.3, -0.25) is 4.79 Å². The number of hydrogen-bond donors (Lipinski definition) is 1. The van der Waals surface area contributed by atoms with Crippen molar-refractivity contribution in [3.05, 3.63) is 47.0 Å². The molecule has 1 aromatic heterocycles. The summed E-state index contributed by atoms with van der Waals surface area (Å²) < 4.78 is 15.5. The van der Waals surface area contributed by atoms with Crippen LogP contribution in [0.4, 0.5) is 10.1 Å². The number of rotatable bonds is 2. The molecular weight excluding hydrogens is 310 g/mol. The lowest BCUT2D eigenvalue weighted by Crippen LogP contribution is -2.42. The molecule has 0 spiro atoms. The van der Waals surface area contributed by atoms with Crippen LogP contribution in [0.3, 0.4) is 0 Å². The highest BCUT2D eigenvalue weighted by atomic mass is 19.1. The molecule has 0 bridgehead atoms. The standard InChI is InChI=1S/C15H12BFN2O3.C2H6/c1-8-2-3-11-14(20)19(5-4-18(8)11)12-7-9(17)6-10(16)13(12)15(21)22;1-2/h2-3,6-7H,4-5H2,1H3,(H,21,22);1-2H3. The molecule has 3 rings (SSSR count). The van der Waals surface area contributed by atoms with Crippen molar-refractivity contribution < 1.29 is 19.1 Å². The fourth-order valence-electron chi connectivity index (χ4n) is 2.78. The van der Waals surface area contributed by atoms with Gasteiger partial charge in [0.1, 0.15) is 19.4 Å². The minimum atomic E-state index is -1.29. The second-order valence-electron chi connectivity index (χ2n) is 5.16. The number of halogens is 1. The van der Waals surface area contributed by atoms with Crippen LogP contribution in [-0.4, -0.2) is 35.9 Å². The van der Waals surface area contributed by atoms with Crippen molar-refractivity contribution in [1.29, 1.82) is 0 Å². The number of benzene rings is 1. The number of anilines is 1. The second-order valence-corrected chi connectivity index (χ2v) is 5.16. The van der Waals surface area contributed by atoms with Gasteiger partial charge in [0.2, 0.25) is 0 Å². The van der Waals surface area contributed by atoms with Crippen molar-refractivity contribution in [3.63, 3.8) is 0 Å². The van der Waals surface area contributed by atoms with Crippen LogP contribution < -0.4 is 10.4 Å². The molecule has 0 unspecified atom stereocenters. The summed E-state index contributed by atoms with van der Waals surface area (Å²) in [4.78, 5) is 25.2. The molecule has 24 heavy (non-hydrogen) atoms. The Kier molecular flexibility index (Phi) is 5.12. The Morgan fingerprint density at radius 3 is 2.54 bits per heavy atom. The smallest absolute Gasteiger partial charge is 0.337 e. The van der Waals surface area contributed by atoms with Crippen molar-refractivity contribution in [2.24, 2.45) is 0 Å². The number of nitrogens with zero attached hydrogens (tertiary/aromatic N) is 2. The minimum absolute atomic E-state index is 0.0138. The Bertz CT molecular complexity index is 801. The maximum Gasteiger partial charge on any atom is 0.337 e. The maximum atomic E-state index is 13.6. The molecule has 1 amide bonds. The number of aromatic nitrogens is 1. The number of carbonyl (C=O) groups is 2. The molecule has 5 nitrogen and oxygen atoms in total. The van der Waals surface area contributed by atoms with E-state index in [0.717, 1.165) is 17.8 Å². The largest absolute Gasteiger partial charge is 0.478 e. The zero-order valence-electron chi connectivity index (χ0n) is 13.8. The summed E-state index contributed by atoms with van der Waals surface area (Å²) in [6.45, 7) is 6.65. The molecular formula is C17H18BFN2O3. The third-order valence-corrected chi connectivity index (χ3v) is 3.83. The van der Waals surface area contributed by atoms with Gasteiger partial charge in [-0.15, -0.1) is 0 Å². The van der Waals surface area contributed by atoms with Crippen molar-refractivity contribution in [2.45, 2.75) is 27.3 Å². The normalized spacial score (nSPS) is 13.2. The first kappa shape index (κ1) is 17.8. The molecule has 0 saturated heterocycles. The molecule has 2 radical (unpaired) electrons. The van der Waals surface area contributed by atoms with Crippen LogP contribution in [0.25, 0.3) is 0 Å². The van der Waals surface area contributed by atoms with E-state index in [9.17, 15) is 19.1 Å². The van der Waals surface area contributed by atoms with Crippen molar-refractivity contribution in [1.82, 2.24) is 4.57 Å². The van der Waals surface area contributed by atoms with Crippen LogP contribution in [-0.2, 0) is 6.54 Å². The first-order chi connectivity index (χ1) is 11.4. The summed E-state index contributed by atoms with van der Waals surface area (Å²) in [6.07, 6.45) is 0. The van der Waals surface area contributed by atoms with Gasteiger partial charge in [0.05, 0.1) is 11.3 Å². The quantitative estimate of drug-likeness (QED) is 0.859. The van der Waals surface area contributed by atoms with Crippen molar-refractivity contribution in [3.8, 4) is 0 Å². The average Bonchev–Trinajstić information content (AvgIpc) is 2.91. The van der Waals surface area contributed by atoms with E-state index < -0.39 is 11.8 Å². The number of fused-ring (bicyclic) bond motifs is 1. The van der Waals surface area contributed by atoms with E-state index in [2.05, 4.69) is 0 Å². The third-order valence-electron chi connectivity index (χ3n) is 3.83. The van der Waals surface area contributed by atoms with Crippen LogP contribution in [0.1, 0.15) is 40.4 Å². The van der Waals surface area contributed by atoms with E-state index in [1.165, 1.54) is 4.90 Å². The monoisotopic (exact) mass is 328 g/mol. The molecule has 124 valence electrons. The van der Waals surface area contributed by atoms with Gasteiger partial charge < -0.3 is 14.6 Å². The van der Waals surface area contributed by atoms with Crippen molar-refractivity contribution in [2.75, 3.05) is 11.4 Å². The molecule has 1 aliphatic rings. The van der Waals surface area contributed by atoms with Gasteiger partial charge >= 0.3 is 5.97 Å². The molecule has 2 heterocycles. The molecule has 1 N–H and O–H groups in total. The number of aromatic carboxylic acids is 1. The van der Waals surface area contributed by atoms with E-state index in [4.69, 9.17) is 7.85 Å². The highest BCUT2D eigenvalue weighted by Crippen LogP contribution is 2.26. The van der Waals surface area contributed by atoms with Gasteiger partial charge in [0, 0.05) is 18.8 Å². The Balaban J connectivity index is 0.00000100. The van der Waals surface area contributed by atoms with Gasteiger partial charge in [-0.1, -0.05) is 19.3 Å². The van der Waals surface area contributed by atoms with E-state index in [0.29, 0.717) is 12.2 Å². The summed E-state index contributed by atoms with van der Waals surface area (Å²) >= 11 is 0. The number of carboxylic acid groups (broad SMARTS) is 1. The Morgan fingerprint density at radius 2 is 1.92 bits per heavy atom. The highest BCUT2D eigenvalue weighted by Gasteiger charge is 2.30. The first-order valence-corrected chi connectivity index (χ1v) is 7.70. The predicted molar refractivity (Wildman–Crippen MR) is 90.9 cm³/mol. The number of carbonyl (C=O) groups excluding carboxylic acids is 1. The molecule has 0 atom stereocenters. The summed E-state index contributed by atoms with van der Waals surface area (Å²) in [5.74, 6) is -2.34. The minimum Gasteiger partial charge on any atom is -0.478 e. The topological polar surface area (TPSA) is 62.5 Å². The van der Waals surface area contributed by atoms with Crippen LogP contribution in [0.5, 0.6) is 0 Å². The summed E-state index contributed by atoms with van der Waals surface area (Å²) in [6, 6.07) is 5.46. The van der Waals surface area contributed by atoms with Crippen molar-refractivity contribution >= 4 is 30.9 Å². The SMILES string of the molecule is CC.[B]c1cc(F)cc(N2CCn3c(C)ccc3C2=O)c1C(=O)O. The Labute approximate surface area is 141 Å². The van der Waals surface area contributed by atoms with Gasteiger partial charge in [-0.2, -0.15) is 0 Å². The van der Waals surface area contributed by atoms with E-state index in [1.807, 2.05) is 31.4 Å². The molecule has 7 heteroatoms. The molecule has 0 aliphatic carbocycles. The number of hydrogen-bond acceptors (Lipinski definition) is 2. The van der Waals surface area contributed by atoms with Crippen LogP contribution >= 0.6 is 0 Å². The van der Waals surface area contributed by atoms with Gasteiger partial charge in [-0.25, -0.2) is 9.18 Å². The van der Waals surface area contributed by atoms with Crippen LogP contribution in [0.15, 0.2) is 24.3 Å². The lowest BCUT2D eigenvalue weighted by atomic mass is 9.88. The van der Waals surface area contributed by atoms with Gasteiger partial charge in [0.15, 0.2) is 0 Å². The highest BCUT2D eigenvalue weighted by molar-refractivity contribution is 6.37. The maximum absolute atomic E-state index is 13.6. The molecule has 1 aliphatic heterocycles.